The standard InChI is InChI=1S/C4H12F6N6P4/c1-15(2)19(9)11-17(5,6)13-20(10,16(3)4)14-18(7,8)12-19/h1-4H3. The van der Waals surface area contributed by atoms with E-state index in [1.807, 2.05) is 0 Å². The van der Waals surface area contributed by atoms with Gasteiger partial charge in [-0.2, -0.15) is 8.39 Å². The molecule has 2 unspecified atom stereocenters. The van der Waals surface area contributed by atoms with Gasteiger partial charge >= 0.3 is 31.0 Å². The molecule has 0 aromatic rings. The van der Waals surface area contributed by atoms with Crippen LogP contribution in [0.4, 0.5) is 25.2 Å². The van der Waals surface area contributed by atoms with Crippen LogP contribution < -0.4 is 0 Å². The van der Waals surface area contributed by atoms with E-state index in [9.17, 15) is 25.2 Å². The van der Waals surface area contributed by atoms with Gasteiger partial charge < -0.3 is 0 Å². The van der Waals surface area contributed by atoms with Crippen molar-refractivity contribution in [2.45, 2.75) is 0 Å². The largest absolute Gasteiger partial charge is 0.423 e. The molecule has 1 rings (SSSR count). The monoisotopic (exact) mass is 382 g/mol. The van der Waals surface area contributed by atoms with Gasteiger partial charge in [-0.15, -0.1) is 34.8 Å². The van der Waals surface area contributed by atoms with Crippen LogP contribution in [0.2, 0.25) is 0 Å². The predicted molar refractivity (Wildman–Crippen MR) is 71.4 cm³/mol. The molecule has 0 aromatic heterocycles. The molecule has 1 aliphatic rings. The average Bonchev–Trinajstić information content (AvgIpc) is 2.10. The summed E-state index contributed by atoms with van der Waals surface area (Å²) in [6.45, 7) is 0. The summed E-state index contributed by atoms with van der Waals surface area (Å²) in [6.07, 6.45) is 0. The van der Waals surface area contributed by atoms with Crippen LogP contribution in [0.15, 0.2) is 18.1 Å². The van der Waals surface area contributed by atoms with E-state index in [2.05, 4.69) is 18.1 Å². The fraction of sp³-hybridized carbons (Fsp3) is 1.00. The van der Waals surface area contributed by atoms with Crippen molar-refractivity contribution in [3.8, 4) is 0 Å². The zero-order chi connectivity index (χ0) is 16.0. The molecule has 0 fully saturated rings. The fourth-order valence-electron chi connectivity index (χ4n) is 0.939. The van der Waals surface area contributed by atoms with E-state index in [0.717, 1.165) is 28.2 Å². The normalized spacial score (nSPS) is 36.2. The quantitative estimate of drug-likeness (QED) is 0.393. The molecular formula is C4H12F6N6P4. The highest BCUT2D eigenvalue weighted by Gasteiger charge is 2.41. The first kappa shape index (κ1) is 18.5. The van der Waals surface area contributed by atoms with E-state index in [-0.39, 0.29) is 0 Å². The lowest BCUT2D eigenvalue weighted by Crippen LogP contribution is -2.05. The van der Waals surface area contributed by atoms with Gasteiger partial charge in [-0.05, 0) is 28.2 Å². The molecule has 1 aliphatic heterocycles. The Kier molecular flexibility index (Phi) is 5.14. The van der Waals surface area contributed by atoms with Crippen LogP contribution in [0, 0.1) is 0 Å². The van der Waals surface area contributed by atoms with Crippen LogP contribution >= 0.6 is 31.0 Å². The predicted octanol–water partition coefficient (Wildman–Crippen LogP) is 6.73. The highest BCUT2D eigenvalue weighted by atomic mass is 31.3. The fourth-order valence-corrected chi connectivity index (χ4v) is 9.74. The second-order valence-corrected chi connectivity index (χ2v) is 12.2. The first-order valence-electron chi connectivity index (χ1n) is 4.80. The van der Waals surface area contributed by atoms with Gasteiger partial charge in [0.2, 0.25) is 0 Å². The van der Waals surface area contributed by atoms with Gasteiger partial charge in [-0.3, -0.25) is 0 Å². The van der Waals surface area contributed by atoms with Gasteiger partial charge in [0.1, 0.15) is 0 Å². The van der Waals surface area contributed by atoms with Gasteiger partial charge in [-0.1, -0.05) is 0 Å². The van der Waals surface area contributed by atoms with Gasteiger partial charge in [0.05, 0.1) is 0 Å². The molecule has 0 saturated heterocycles. The molecule has 16 heteroatoms. The van der Waals surface area contributed by atoms with Crippen molar-refractivity contribution in [3.63, 3.8) is 0 Å². The average molecular weight is 382 g/mol. The van der Waals surface area contributed by atoms with Gasteiger partial charge in [-0.25, -0.2) is 9.34 Å². The second kappa shape index (κ2) is 5.56. The third-order valence-corrected chi connectivity index (χ3v) is 11.0. The minimum absolute atomic E-state index is 0.430. The summed E-state index contributed by atoms with van der Waals surface area (Å²) < 4.78 is 93.1. The lowest BCUT2D eigenvalue weighted by molar-refractivity contribution is 0.599. The minimum Gasteiger partial charge on any atom is -0.232 e. The Balaban J connectivity index is 3.81. The zero-order valence-corrected chi connectivity index (χ0v) is 14.3. The molecule has 0 radical (unpaired) electrons. The zero-order valence-electron chi connectivity index (χ0n) is 10.7. The first-order valence-corrected chi connectivity index (χ1v) is 10.8. The Morgan fingerprint density at radius 1 is 0.550 bits per heavy atom. The minimum atomic E-state index is -5.80. The Morgan fingerprint density at radius 2 is 0.800 bits per heavy atom. The molecule has 0 spiro atoms. The van der Waals surface area contributed by atoms with Crippen LogP contribution in [0.5, 0.6) is 0 Å². The molecule has 0 aromatic carbocycles. The highest BCUT2D eigenvalue weighted by Crippen LogP contribution is 2.82. The highest BCUT2D eigenvalue weighted by molar-refractivity contribution is 7.79. The van der Waals surface area contributed by atoms with Crippen molar-refractivity contribution in [2.75, 3.05) is 28.2 Å². The summed E-state index contributed by atoms with van der Waals surface area (Å²) in [4.78, 5) is 0. The molecule has 20 heavy (non-hydrogen) atoms. The SMILES string of the molecule is CN(C)P1(F)=NP(F)(F)=NP(F)(N(C)C)=NP(F)(F)=N1. The van der Waals surface area contributed by atoms with E-state index in [1.165, 1.54) is 0 Å². The second-order valence-electron chi connectivity index (χ2n) is 3.95. The molecule has 0 bridgehead atoms. The van der Waals surface area contributed by atoms with Crippen LogP contribution in [0.1, 0.15) is 0 Å². The van der Waals surface area contributed by atoms with Crippen molar-refractivity contribution in [1.29, 1.82) is 0 Å². The molecule has 2 atom stereocenters. The number of halogens is 6. The molecule has 0 N–H and O–H groups in total. The van der Waals surface area contributed by atoms with Gasteiger partial charge in [0.15, 0.2) is 0 Å². The number of rotatable bonds is 2. The smallest absolute Gasteiger partial charge is 0.232 e. The van der Waals surface area contributed by atoms with Crippen molar-refractivity contribution in [2.24, 2.45) is 18.1 Å². The number of hydrogen-bond acceptors (Lipinski definition) is 6. The molecular weight excluding hydrogens is 370 g/mol. The summed E-state index contributed by atoms with van der Waals surface area (Å²) in [7, 11) is -17.9. The molecule has 120 valence electrons. The van der Waals surface area contributed by atoms with Crippen molar-refractivity contribution in [3.05, 3.63) is 0 Å². The van der Waals surface area contributed by atoms with E-state index >= 15 is 0 Å². The van der Waals surface area contributed by atoms with E-state index in [1.54, 1.807) is 0 Å². The Labute approximate surface area is 112 Å². The lowest BCUT2D eigenvalue weighted by atomic mass is 11.3. The van der Waals surface area contributed by atoms with E-state index in [4.69, 9.17) is 0 Å². The van der Waals surface area contributed by atoms with E-state index in [0.29, 0.717) is 9.34 Å². The van der Waals surface area contributed by atoms with Crippen LogP contribution in [0.25, 0.3) is 0 Å². The lowest BCUT2D eigenvalue weighted by Gasteiger charge is -2.24. The summed E-state index contributed by atoms with van der Waals surface area (Å²) in [6, 6.07) is 0. The number of nitrogens with zero attached hydrogens (tertiary/aromatic N) is 6. The Hall–Kier alpha value is 0.420. The first-order chi connectivity index (χ1) is 8.72. The summed E-state index contributed by atoms with van der Waals surface area (Å²) in [5, 5.41) is 0. The van der Waals surface area contributed by atoms with Crippen molar-refractivity contribution >= 4 is 31.0 Å². The summed E-state index contributed by atoms with van der Waals surface area (Å²) >= 11 is 0. The molecule has 6 nitrogen and oxygen atoms in total. The topological polar surface area (TPSA) is 55.9 Å². The van der Waals surface area contributed by atoms with Crippen LogP contribution in [-0.2, 0) is 0 Å². The van der Waals surface area contributed by atoms with Gasteiger partial charge in [0, 0.05) is 0 Å². The maximum absolute atomic E-state index is 14.1. The van der Waals surface area contributed by atoms with Crippen LogP contribution in [0.3, 0.4) is 0 Å². The molecule has 1 heterocycles. The Morgan fingerprint density at radius 3 is 1.00 bits per heavy atom. The third-order valence-electron chi connectivity index (χ3n) is 1.90. The van der Waals surface area contributed by atoms with Gasteiger partial charge in [0.25, 0.3) is 0 Å². The van der Waals surface area contributed by atoms with Crippen molar-refractivity contribution < 1.29 is 25.2 Å². The maximum Gasteiger partial charge on any atom is 0.423 e. The van der Waals surface area contributed by atoms with Crippen LogP contribution in [-0.4, -0.2) is 37.5 Å². The summed E-state index contributed by atoms with van der Waals surface area (Å²) in [5.41, 5.74) is 0. The molecule has 0 aliphatic carbocycles. The Bertz CT molecular complexity index is 559. The molecule has 0 amide bonds. The van der Waals surface area contributed by atoms with Crippen molar-refractivity contribution in [1.82, 2.24) is 9.34 Å². The maximum atomic E-state index is 14.1. The molecule has 0 saturated carbocycles. The summed E-state index contributed by atoms with van der Waals surface area (Å²) in [5.74, 6) is 0. The third kappa shape index (κ3) is 4.21. The number of hydrogen-bond donors (Lipinski definition) is 0. The van der Waals surface area contributed by atoms with E-state index < -0.39 is 31.0 Å².